The van der Waals surface area contributed by atoms with Crippen LogP contribution >= 0.6 is 0 Å². The molecule has 3 radical (unpaired) electrons. The minimum Gasteiger partial charge on any atom is -0.399 e. The third-order valence-electron chi connectivity index (χ3n) is 4.28. The van der Waals surface area contributed by atoms with Crippen LogP contribution in [-0.4, -0.2) is 17.4 Å². The van der Waals surface area contributed by atoms with Crippen LogP contribution in [0.15, 0.2) is 54.6 Å². The molecule has 0 spiro atoms. The zero-order chi connectivity index (χ0) is 20.6. The Morgan fingerprint density at radius 1 is 0.429 bits per heavy atom. The standard InChI is InChI=1S/3C8H11N.Al/c3*1-6-3-4-8(9)7(2)5-6;/h3*3-5H,9H2,1-2H3;. The van der Waals surface area contributed by atoms with Crippen LogP contribution in [0.3, 0.4) is 0 Å². The van der Waals surface area contributed by atoms with E-state index in [1.54, 1.807) is 0 Å². The van der Waals surface area contributed by atoms with E-state index in [0.717, 1.165) is 33.8 Å². The van der Waals surface area contributed by atoms with Crippen molar-refractivity contribution in [3.05, 3.63) is 88.0 Å². The van der Waals surface area contributed by atoms with Crippen molar-refractivity contribution in [3.8, 4) is 0 Å². The Kier molecular flexibility index (Phi) is 11.1. The molecule has 28 heavy (non-hydrogen) atoms. The number of nitrogen functional groups attached to an aromatic ring is 3. The summed E-state index contributed by atoms with van der Waals surface area (Å²) in [5.41, 5.74) is 26.7. The van der Waals surface area contributed by atoms with Gasteiger partial charge in [0, 0.05) is 34.4 Å². The molecule has 0 atom stereocenters. The lowest BCUT2D eigenvalue weighted by Crippen LogP contribution is -1.88. The van der Waals surface area contributed by atoms with Gasteiger partial charge in [-0.1, -0.05) is 53.1 Å². The average Bonchev–Trinajstić information content (AvgIpc) is 2.60. The molecule has 0 fully saturated rings. The van der Waals surface area contributed by atoms with Gasteiger partial charge in [0.2, 0.25) is 0 Å². The molecule has 0 aromatic heterocycles. The highest BCUT2D eigenvalue weighted by Gasteiger charge is 1.91. The van der Waals surface area contributed by atoms with Crippen molar-refractivity contribution in [2.24, 2.45) is 0 Å². The first-order valence-corrected chi connectivity index (χ1v) is 9.08. The lowest BCUT2D eigenvalue weighted by atomic mass is 10.1. The second kappa shape index (κ2) is 12.1. The molecule has 0 aliphatic rings. The Morgan fingerprint density at radius 2 is 0.643 bits per heavy atom. The highest BCUT2D eigenvalue weighted by molar-refractivity contribution is 5.75. The zero-order valence-corrected chi connectivity index (χ0v) is 19.2. The van der Waals surface area contributed by atoms with Crippen LogP contribution in [0.4, 0.5) is 17.1 Å². The molecule has 3 aromatic rings. The van der Waals surface area contributed by atoms with E-state index in [0.29, 0.717) is 0 Å². The first-order valence-electron chi connectivity index (χ1n) is 9.08. The molecule has 0 amide bonds. The lowest BCUT2D eigenvalue weighted by molar-refractivity contribution is 1.39. The SMILES string of the molecule is Cc1ccc(N)c(C)c1.Cc1ccc(N)c(C)c1.Cc1ccc(N)c(C)c1.[Al]. The van der Waals surface area contributed by atoms with Gasteiger partial charge in [-0.2, -0.15) is 0 Å². The van der Waals surface area contributed by atoms with Crippen molar-refractivity contribution >= 4 is 34.4 Å². The Hall–Kier alpha value is -2.41. The summed E-state index contributed by atoms with van der Waals surface area (Å²) in [5, 5.41) is 0. The molecular formula is C24H33AlN3. The van der Waals surface area contributed by atoms with E-state index in [1.807, 2.05) is 57.2 Å². The molecule has 3 rings (SSSR count). The van der Waals surface area contributed by atoms with E-state index in [9.17, 15) is 0 Å². The number of anilines is 3. The summed E-state index contributed by atoms with van der Waals surface area (Å²) < 4.78 is 0. The van der Waals surface area contributed by atoms with Crippen molar-refractivity contribution in [3.63, 3.8) is 0 Å². The van der Waals surface area contributed by atoms with Gasteiger partial charge in [-0.05, 0) is 76.4 Å². The minimum atomic E-state index is 0. The number of benzene rings is 3. The van der Waals surface area contributed by atoms with Crippen LogP contribution < -0.4 is 17.2 Å². The highest BCUT2D eigenvalue weighted by Crippen LogP contribution is 2.12. The van der Waals surface area contributed by atoms with Crippen molar-refractivity contribution in [2.45, 2.75) is 41.5 Å². The monoisotopic (exact) mass is 390 g/mol. The summed E-state index contributed by atoms with van der Waals surface area (Å²) in [4.78, 5) is 0. The van der Waals surface area contributed by atoms with Gasteiger partial charge in [0.05, 0.1) is 0 Å². The van der Waals surface area contributed by atoms with Gasteiger partial charge in [-0.15, -0.1) is 0 Å². The Bertz CT molecular complexity index is 771. The summed E-state index contributed by atoms with van der Waals surface area (Å²) in [7, 11) is 0. The van der Waals surface area contributed by atoms with Crippen molar-refractivity contribution in [1.82, 2.24) is 0 Å². The van der Waals surface area contributed by atoms with Gasteiger partial charge in [0.15, 0.2) is 0 Å². The van der Waals surface area contributed by atoms with Gasteiger partial charge in [-0.3, -0.25) is 0 Å². The van der Waals surface area contributed by atoms with Crippen molar-refractivity contribution < 1.29 is 0 Å². The molecule has 0 heterocycles. The fourth-order valence-corrected chi connectivity index (χ4v) is 2.48. The lowest BCUT2D eigenvalue weighted by Gasteiger charge is -1.98. The quantitative estimate of drug-likeness (QED) is 0.361. The van der Waals surface area contributed by atoms with Gasteiger partial charge in [0.1, 0.15) is 0 Å². The average molecular weight is 391 g/mol. The van der Waals surface area contributed by atoms with E-state index in [4.69, 9.17) is 17.2 Å². The summed E-state index contributed by atoms with van der Waals surface area (Å²) in [5.74, 6) is 0. The number of nitrogens with two attached hydrogens (primary N) is 3. The maximum absolute atomic E-state index is 5.59. The van der Waals surface area contributed by atoms with Crippen LogP contribution in [0.1, 0.15) is 33.4 Å². The van der Waals surface area contributed by atoms with E-state index in [1.165, 1.54) is 16.7 Å². The molecule has 4 heteroatoms. The minimum absolute atomic E-state index is 0. The maximum Gasteiger partial charge on any atom is 0.0343 e. The fraction of sp³-hybridized carbons (Fsp3) is 0.250. The van der Waals surface area contributed by atoms with E-state index < -0.39 is 0 Å². The molecule has 0 bridgehead atoms. The molecule has 0 saturated heterocycles. The van der Waals surface area contributed by atoms with E-state index in [-0.39, 0.29) is 17.4 Å². The van der Waals surface area contributed by atoms with E-state index >= 15 is 0 Å². The molecule has 0 aliphatic carbocycles. The molecular weight excluding hydrogens is 357 g/mol. The number of hydrogen-bond acceptors (Lipinski definition) is 3. The molecule has 0 aliphatic heterocycles. The molecule has 0 saturated carbocycles. The van der Waals surface area contributed by atoms with Gasteiger partial charge < -0.3 is 17.2 Å². The smallest absolute Gasteiger partial charge is 0.0343 e. The van der Waals surface area contributed by atoms with Crippen LogP contribution in [0.2, 0.25) is 0 Å². The van der Waals surface area contributed by atoms with Gasteiger partial charge in [-0.25, -0.2) is 0 Å². The number of aryl methyl sites for hydroxylation is 6. The second-order valence-corrected chi connectivity index (χ2v) is 7.08. The van der Waals surface area contributed by atoms with Crippen molar-refractivity contribution in [2.75, 3.05) is 17.2 Å². The normalized spacial score (nSPS) is 9.21. The summed E-state index contributed by atoms with van der Waals surface area (Å²) in [6, 6.07) is 18.1. The number of hydrogen-bond donors (Lipinski definition) is 3. The second-order valence-electron chi connectivity index (χ2n) is 7.08. The van der Waals surface area contributed by atoms with E-state index in [2.05, 4.69) is 39.0 Å². The van der Waals surface area contributed by atoms with Crippen LogP contribution in [0, 0.1) is 41.5 Å². The summed E-state index contributed by atoms with van der Waals surface area (Å²) in [6.45, 7) is 12.2. The zero-order valence-electron chi connectivity index (χ0n) is 18.0. The van der Waals surface area contributed by atoms with Crippen LogP contribution in [0.5, 0.6) is 0 Å². The molecule has 147 valence electrons. The molecule has 3 aromatic carbocycles. The topological polar surface area (TPSA) is 78.1 Å². The number of rotatable bonds is 0. The third-order valence-corrected chi connectivity index (χ3v) is 4.28. The Morgan fingerprint density at radius 3 is 0.786 bits per heavy atom. The van der Waals surface area contributed by atoms with Crippen molar-refractivity contribution in [1.29, 1.82) is 0 Å². The predicted octanol–water partition coefficient (Wildman–Crippen LogP) is 5.28. The molecule has 3 nitrogen and oxygen atoms in total. The van der Waals surface area contributed by atoms with Gasteiger partial charge >= 0.3 is 0 Å². The third kappa shape index (κ3) is 8.99. The highest BCUT2D eigenvalue weighted by atomic mass is 27.0. The van der Waals surface area contributed by atoms with Crippen LogP contribution in [0.25, 0.3) is 0 Å². The summed E-state index contributed by atoms with van der Waals surface area (Å²) in [6.07, 6.45) is 0. The predicted molar refractivity (Wildman–Crippen MR) is 127 cm³/mol. The Labute approximate surface area is 181 Å². The van der Waals surface area contributed by atoms with Gasteiger partial charge in [0.25, 0.3) is 0 Å². The fourth-order valence-electron chi connectivity index (χ4n) is 2.48. The Balaban J connectivity index is 0.000000384. The first kappa shape index (κ1) is 25.6. The molecule has 6 N–H and O–H groups in total. The van der Waals surface area contributed by atoms with Crippen LogP contribution in [-0.2, 0) is 0 Å². The summed E-state index contributed by atoms with van der Waals surface area (Å²) >= 11 is 0. The first-order chi connectivity index (χ1) is 12.6. The largest absolute Gasteiger partial charge is 0.399 e. The maximum atomic E-state index is 5.59. The molecule has 0 unspecified atom stereocenters.